The van der Waals surface area contributed by atoms with Crippen LogP contribution in [0.5, 0.6) is 5.75 Å². The van der Waals surface area contributed by atoms with Gasteiger partial charge in [-0.3, -0.25) is 4.98 Å². The Balaban J connectivity index is 0.00000168. The van der Waals surface area contributed by atoms with Crippen LogP contribution in [-0.4, -0.2) is 58.4 Å². The minimum atomic E-state index is -0.506. The first-order chi connectivity index (χ1) is 16.2. The molecule has 2 aromatic rings. The van der Waals surface area contributed by atoms with Crippen LogP contribution in [0.3, 0.4) is 0 Å². The molecule has 8 nitrogen and oxygen atoms in total. The fourth-order valence-electron chi connectivity index (χ4n) is 2.83. The maximum Gasteiger partial charge on any atom is 0.410 e. The van der Waals surface area contributed by atoms with Gasteiger partial charge in [-0.15, -0.1) is 0 Å². The smallest absolute Gasteiger partial charge is 0.410 e. The molecule has 1 aliphatic rings. The highest BCUT2D eigenvalue weighted by atomic mass is 16.6. The van der Waals surface area contributed by atoms with Crippen molar-refractivity contribution in [1.29, 1.82) is 0 Å². The van der Waals surface area contributed by atoms with Gasteiger partial charge in [0.05, 0.1) is 43.3 Å². The summed E-state index contributed by atoms with van der Waals surface area (Å²) < 4.78 is 17.7. The number of rotatable bonds is 4. The van der Waals surface area contributed by atoms with E-state index in [1.807, 2.05) is 86.1 Å². The van der Waals surface area contributed by atoms with Crippen molar-refractivity contribution in [1.82, 2.24) is 14.5 Å². The van der Waals surface area contributed by atoms with Gasteiger partial charge in [0.1, 0.15) is 17.5 Å². The largest absolute Gasteiger partial charge is 0.485 e. The van der Waals surface area contributed by atoms with Crippen LogP contribution in [0.25, 0.3) is 11.4 Å². The monoisotopic (exact) mass is 477 g/mol. The highest BCUT2D eigenvalue weighted by Crippen LogP contribution is 2.24. The summed E-state index contributed by atoms with van der Waals surface area (Å²) in [6.45, 7) is 18.5. The number of aryl methyl sites for hydroxylation is 1. The third-order valence-electron chi connectivity index (χ3n) is 4.23. The van der Waals surface area contributed by atoms with Crippen LogP contribution in [-0.2, 0) is 16.5 Å². The topological polar surface area (TPSA) is 82.9 Å². The van der Waals surface area contributed by atoms with Gasteiger partial charge in [0.15, 0.2) is 0 Å². The van der Waals surface area contributed by atoms with Crippen molar-refractivity contribution in [3.05, 3.63) is 36.2 Å². The quantitative estimate of drug-likeness (QED) is 0.506. The molecule has 8 heteroatoms. The third-order valence-corrected chi connectivity index (χ3v) is 4.23. The van der Waals surface area contributed by atoms with Gasteiger partial charge in [-0.05, 0) is 39.0 Å². The maximum atomic E-state index is 11.9. The number of carbonyl (C=O) groups is 2. The summed E-state index contributed by atoms with van der Waals surface area (Å²) in [4.78, 5) is 29.6. The van der Waals surface area contributed by atoms with E-state index in [2.05, 4.69) is 4.98 Å². The molecule has 1 aliphatic heterocycles. The van der Waals surface area contributed by atoms with E-state index in [0.29, 0.717) is 30.1 Å². The van der Waals surface area contributed by atoms with Gasteiger partial charge in [0.25, 0.3) is 0 Å². The Bertz CT molecular complexity index is 864. The van der Waals surface area contributed by atoms with Crippen LogP contribution in [0.1, 0.15) is 72.7 Å². The number of methoxy groups -OCH3 is 1. The standard InChI is InChI=1S/C20H25N3O5.3C2H6/c1-20(2,3)28-19(25)23-11-15(12-23)27-14-6-7-16(21-9-14)17-8-13(10-22(17)4)18(24)26-5;3*1-2/h6-10,15H,11-12H2,1-5H3;3*1-2H3. The fourth-order valence-corrected chi connectivity index (χ4v) is 2.83. The molecular weight excluding hydrogens is 434 g/mol. The lowest BCUT2D eigenvalue weighted by molar-refractivity contribution is -0.0222. The molecule has 1 saturated heterocycles. The number of pyridine rings is 1. The van der Waals surface area contributed by atoms with Gasteiger partial charge in [0.2, 0.25) is 0 Å². The molecule has 0 spiro atoms. The van der Waals surface area contributed by atoms with Crippen LogP contribution in [0.2, 0.25) is 0 Å². The van der Waals surface area contributed by atoms with Crippen LogP contribution >= 0.6 is 0 Å². The number of nitrogens with zero attached hydrogens (tertiary/aromatic N) is 3. The summed E-state index contributed by atoms with van der Waals surface area (Å²) in [6, 6.07) is 5.39. The Labute approximate surface area is 205 Å². The highest BCUT2D eigenvalue weighted by Gasteiger charge is 2.35. The van der Waals surface area contributed by atoms with E-state index in [9.17, 15) is 9.59 Å². The zero-order valence-corrected chi connectivity index (χ0v) is 22.8. The zero-order chi connectivity index (χ0) is 26.5. The number of ether oxygens (including phenoxy) is 3. The van der Waals surface area contributed by atoms with Gasteiger partial charge in [0, 0.05) is 13.2 Å². The predicted octanol–water partition coefficient (Wildman–Crippen LogP) is 5.95. The second kappa shape index (κ2) is 15.0. The summed E-state index contributed by atoms with van der Waals surface area (Å²) in [5.41, 5.74) is 1.48. The third kappa shape index (κ3) is 9.08. The van der Waals surface area contributed by atoms with Gasteiger partial charge in [-0.25, -0.2) is 9.59 Å². The summed E-state index contributed by atoms with van der Waals surface area (Å²) in [5.74, 6) is 0.237. The minimum absolute atomic E-state index is 0.0823. The lowest BCUT2D eigenvalue weighted by Crippen LogP contribution is -2.57. The first kappa shape index (κ1) is 31.0. The molecule has 2 aromatic heterocycles. The molecule has 1 amide bonds. The van der Waals surface area contributed by atoms with Crippen molar-refractivity contribution in [2.24, 2.45) is 7.05 Å². The Morgan fingerprint density at radius 1 is 1.03 bits per heavy atom. The van der Waals surface area contributed by atoms with E-state index < -0.39 is 5.60 Å². The van der Waals surface area contributed by atoms with Crippen LogP contribution in [0, 0.1) is 0 Å². The SMILES string of the molecule is CC.CC.CC.COC(=O)c1cc(-c2ccc(OC3CN(C(=O)OC(C)(C)C)C3)cn2)n(C)c1. The Hall–Kier alpha value is -3.03. The molecule has 0 unspecified atom stereocenters. The average Bonchev–Trinajstić information content (AvgIpc) is 3.20. The normalized spacial score (nSPS) is 12.4. The molecule has 3 heterocycles. The van der Waals surface area contributed by atoms with E-state index in [-0.39, 0.29) is 18.2 Å². The van der Waals surface area contributed by atoms with Crippen molar-refractivity contribution in [3.8, 4) is 17.1 Å². The molecule has 34 heavy (non-hydrogen) atoms. The summed E-state index contributed by atoms with van der Waals surface area (Å²) in [5, 5.41) is 0. The predicted molar refractivity (Wildman–Crippen MR) is 136 cm³/mol. The van der Waals surface area contributed by atoms with Crippen molar-refractivity contribution < 1.29 is 23.8 Å². The fraction of sp³-hybridized carbons (Fsp3) is 0.577. The van der Waals surface area contributed by atoms with Gasteiger partial charge in [-0.1, -0.05) is 41.5 Å². The van der Waals surface area contributed by atoms with E-state index in [1.54, 1.807) is 23.4 Å². The molecule has 3 rings (SSSR count). The molecule has 192 valence electrons. The molecule has 0 bridgehead atoms. The van der Waals surface area contributed by atoms with E-state index in [0.717, 1.165) is 5.69 Å². The van der Waals surface area contributed by atoms with Crippen LogP contribution < -0.4 is 4.74 Å². The van der Waals surface area contributed by atoms with Gasteiger partial charge in [-0.2, -0.15) is 0 Å². The Kier molecular flexibility index (Phi) is 13.6. The highest BCUT2D eigenvalue weighted by molar-refractivity contribution is 5.90. The van der Waals surface area contributed by atoms with Crippen molar-refractivity contribution in [2.75, 3.05) is 20.2 Å². The van der Waals surface area contributed by atoms with Gasteiger partial charge < -0.3 is 23.7 Å². The number of likely N-dealkylation sites (tertiary alicyclic amines) is 1. The summed E-state index contributed by atoms with van der Waals surface area (Å²) >= 11 is 0. The minimum Gasteiger partial charge on any atom is -0.485 e. The second-order valence-electron chi connectivity index (χ2n) is 7.72. The first-order valence-electron chi connectivity index (χ1n) is 12.0. The second-order valence-corrected chi connectivity index (χ2v) is 7.72. The number of hydrogen-bond donors (Lipinski definition) is 0. The lowest BCUT2D eigenvalue weighted by atomic mass is 10.1. The molecule has 0 saturated carbocycles. The molecule has 0 aromatic carbocycles. The molecule has 0 radical (unpaired) electrons. The van der Waals surface area contributed by atoms with Gasteiger partial charge >= 0.3 is 12.1 Å². The average molecular weight is 478 g/mol. The zero-order valence-electron chi connectivity index (χ0n) is 22.8. The van der Waals surface area contributed by atoms with Crippen molar-refractivity contribution in [3.63, 3.8) is 0 Å². The van der Waals surface area contributed by atoms with Crippen LogP contribution in [0.15, 0.2) is 30.6 Å². The lowest BCUT2D eigenvalue weighted by Gasteiger charge is -2.39. The Morgan fingerprint density at radius 2 is 1.62 bits per heavy atom. The molecule has 0 N–H and O–H groups in total. The number of aromatic nitrogens is 2. The number of carbonyl (C=O) groups excluding carboxylic acids is 2. The molecular formula is C26H43N3O5. The van der Waals surface area contributed by atoms with Crippen LogP contribution in [0.4, 0.5) is 4.79 Å². The van der Waals surface area contributed by atoms with Crippen molar-refractivity contribution >= 4 is 12.1 Å². The van der Waals surface area contributed by atoms with E-state index in [1.165, 1.54) is 7.11 Å². The number of hydrogen-bond acceptors (Lipinski definition) is 6. The maximum absolute atomic E-state index is 11.9. The first-order valence-corrected chi connectivity index (χ1v) is 12.0. The Morgan fingerprint density at radius 3 is 2.09 bits per heavy atom. The molecule has 1 fully saturated rings. The number of amides is 1. The number of esters is 1. The molecule has 0 atom stereocenters. The van der Waals surface area contributed by atoms with E-state index >= 15 is 0 Å². The van der Waals surface area contributed by atoms with Crippen molar-refractivity contribution in [2.45, 2.75) is 74.0 Å². The molecule has 0 aliphatic carbocycles. The summed E-state index contributed by atoms with van der Waals surface area (Å²) in [6.07, 6.45) is 2.93. The summed E-state index contributed by atoms with van der Waals surface area (Å²) in [7, 11) is 3.19. The van der Waals surface area contributed by atoms with E-state index in [4.69, 9.17) is 14.2 Å².